The minimum atomic E-state index is -3.59. The van der Waals surface area contributed by atoms with Crippen molar-refractivity contribution >= 4 is 20.8 Å². The molecule has 2 aliphatic rings. The van der Waals surface area contributed by atoms with Crippen LogP contribution in [0, 0.1) is 0 Å². The molecule has 2 aliphatic heterocycles. The Hall–Kier alpha value is -1.66. The predicted molar refractivity (Wildman–Crippen MR) is 84.5 cm³/mol. The van der Waals surface area contributed by atoms with E-state index in [1.165, 1.54) is 0 Å². The lowest BCUT2D eigenvalue weighted by Gasteiger charge is -2.33. The van der Waals surface area contributed by atoms with E-state index in [4.69, 9.17) is 0 Å². The standard InChI is InChI=1S/C15H19N3O2S/c1-12-14(13-6-4-3-5-7-13)21(19,20)16-15(12)18-10-8-17(2)9-11-18/h3-7H,8-11H2,1-2H3. The molecule has 0 radical (unpaired) electrons. The van der Waals surface area contributed by atoms with E-state index < -0.39 is 10.0 Å². The zero-order valence-electron chi connectivity index (χ0n) is 12.3. The molecular weight excluding hydrogens is 286 g/mol. The van der Waals surface area contributed by atoms with E-state index in [1.807, 2.05) is 37.3 Å². The summed E-state index contributed by atoms with van der Waals surface area (Å²) in [5.41, 5.74) is 1.47. The summed E-state index contributed by atoms with van der Waals surface area (Å²) >= 11 is 0. The molecule has 0 amide bonds. The first-order valence-corrected chi connectivity index (χ1v) is 8.48. The lowest BCUT2D eigenvalue weighted by molar-refractivity contribution is 0.216. The third kappa shape index (κ3) is 2.61. The maximum atomic E-state index is 12.4. The van der Waals surface area contributed by atoms with E-state index in [9.17, 15) is 8.42 Å². The highest BCUT2D eigenvalue weighted by molar-refractivity contribution is 8.00. The van der Waals surface area contributed by atoms with Crippen LogP contribution in [-0.4, -0.2) is 57.3 Å². The number of likely N-dealkylation sites (N-methyl/N-ethyl adjacent to an activating group) is 1. The van der Waals surface area contributed by atoms with Gasteiger partial charge < -0.3 is 9.80 Å². The molecule has 6 heteroatoms. The molecule has 1 saturated heterocycles. The number of amidine groups is 1. The van der Waals surface area contributed by atoms with E-state index in [1.54, 1.807) is 0 Å². The van der Waals surface area contributed by atoms with Gasteiger partial charge in [0.15, 0.2) is 0 Å². The van der Waals surface area contributed by atoms with Gasteiger partial charge in [-0.05, 0) is 19.5 Å². The van der Waals surface area contributed by atoms with Crippen molar-refractivity contribution in [1.82, 2.24) is 9.80 Å². The fourth-order valence-electron chi connectivity index (χ4n) is 2.79. The maximum Gasteiger partial charge on any atom is 0.285 e. The highest BCUT2D eigenvalue weighted by atomic mass is 32.2. The Bertz CT molecular complexity index is 700. The molecule has 3 rings (SSSR count). The molecule has 2 heterocycles. The van der Waals surface area contributed by atoms with Crippen LogP contribution in [0.1, 0.15) is 12.5 Å². The molecule has 0 N–H and O–H groups in total. The van der Waals surface area contributed by atoms with Crippen LogP contribution in [0.25, 0.3) is 4.91 Å². The number of hydrogen-bond acceptors (Lipinski definition) is 4. The molecule has 0 unspecified atom stereocenters. The van der Waals surface area contributed by atoms with Crippen molar-refractivity contribution in [3.63, 3.8) is 0 Å². The Kier molecular flexibility index (Phi) is 3.59. The van der Waals surface area contributed by atoms with E-state index in [-0.39, 0.29) is 0 Å². The molecule has 1 aromatic rings. The van der Waals surface area contributed by atoms with E-state index in [0.29, 0.717) is 16.3 Å². The van der Waals surface area contributed by atoms with Crippen molar-refractivity contribution in [2.45, 2.75) is 6.92 Å². The van der Waals surface area contributed by atoms with Crippen molar-refractivity contribution in [2.75, 3.05) is 33.2 Å². The molecule has 0 aliphatic carbocycles. The quantitative estimate of drug-likeness (QED) is 0.787. The maximum absolute atomic E-state index is 12.4. The highest BCUT2D eigenvalue weighted by Crippen LogP contribution is 2.33. The molecule has 0 atom stereocenters. The van der Waals surface area contributed by atoms with Gasteiger partial charge in [-0.1, -0.05) is 30.3 Å². The molecular formula is C15H19N3O2S. The second-order valence-electron chi connectivity index (χ2n) is 5.50. The Labute approximate surface area is 125 Å². The Balaban J connectivity index is 1.99. The Morgan fingerprint density at radius 2 is 1.67 bits per heavy atom. The molecule has 112 valence electrons. The van der Waals surface area contributed by atoms with Crippen molar-refractivity contribution in [2.24, 2.45) is 4.40 Å². The zero-order chi connectivity index (χ0) is 15.0. The second-order valence-corrected chi connectivity index (χ2v) is 7.04. The van der Waals surface area contributed by atoms with Crippen molar-refractivity contribution in [3.05, 3.63) is 41.5 Å². The number of hydrogen-bond donors (Lipinski definition) is 0. The van der Waals surface area contributed by atoms with Gasteiger partial charge in [0.25, 0.3) is 10.0 Å². The molecule has 1 fully saturated rings. The molecule has 0 aromatic heterocycles. The highest BCUT2D eigenvalue weighted by Gasteiger charge is 2.34. The van der Waals surface area contributed by atoms with Crippen LogP contribution in [-0.2, 0) is 10.0 Å². The zero-order valence-corrected chi connectivity index (χ0v) is 13.1. The summed E-state index contributed by atoms with van der Waals surface area (Å²) in [6.07, 6.45) is 0. The fourth-order valence-corrected chi connectivity index (χ4v) is 4.27. The van der Waals surface area contributed by atoms with Crippen LogP contribution >= 0.6 is 0 Å². The van der Waals surface area contributed by atoms with Crippen LogP contribution < -0.4 is 0 Å². The molecule has 1 aromatic carbocycles. The first-order valence-electron chi connectivity index (χ1n) is 7.04. The van der Waals surface area contributed by atoms with Crippen LogP contribution in [0.4, 0.5) is 0 Å². The van der Waals surface area contributed by atoms with Crippen LogP contribution in [0.3, 0.4) is 0 Å². The summed E-state index contributed by atoms with van der Waals surface area (Å²) in [4.78, 5) is 4.65. The fraction of sp³-hybridized carbons (Fsp3) is 0.400. The number of rotatable bonds is 1. The predicted octanol–water partition coefficient (Wildman–Crippen LogP) is 1.41. The average Bonchev–Trinajstić information content (AvgIpc) is 2.70. The number of piperazine rings is 1. The van der Waals surface area contributed by atoms with Gasteiger partial charge in [-0.25, -0.2) is 0 Å². The van der Waals surface area contributed by atoms with Gasteiger partial charge in [0, 0.05) is 31.8 Å². The van der Waals surface area contributed by atoms with Gasteiger partial charge in [-0.2, -0.15) is 8.42 Å². The van der Waals surface area contributed by atoms with E-state index in [2.05, 4.69) is 21.2 Å². The summed E-state index contributed by atoms with van der Waals surface area (Å²) in [5.74, 6) is 0.613. The summed E-state index contributed by atoms with van der Waals surface area (Å²) in [6.45, 7) is 5.32. The van der Waals surface area contributed by atoms with Crippen molar-refractivity contribution in [1.29, 1.82) is 0 Å². The van der Waals surface area contributed by atoms with Gasteiger partial charge in [-0.15, -0.1) is 4.40 Å². The average molecular weight is 305 g/mol. The lowest BCUT2D eigenvalue weighted by Crippen LogP contribution is -2.47. The lowest BCUT2D eigenvalue weighted by atomic mass is 10.1. The largest absolute Gasteiger partial charge is 0.353 e. The summed E-state index contributed by atoms with van der Waals surface area (Å²) in [5, 5.41) is 0. The van der Waals surface area contributed by atoms with E-state index in [0.717, 1.165) is 31.8 Å². The topological polar surface area (TPSA) is 53.0 Å². The molecule has 0 saturated carbocycles. The Morgan fingerprint density at radius 3 is 2.29 bits per heavy atom. The molecule has 5 nitrogen and oxygen atoms in total. The van der Waals surface area contributed by atoms with Gasteiger partial charge >= 0.3 is 0 Å². The number of sulfonamides is 1. The van der Waals surface area contributed by atoms with Gasteiger partial charge in [0.05, 0.1) is 0 Å². The second kappa shape index (κ2) is 5.27. The summed E-state index contributed by atoms with van der Waals surface area (Å²) in [7, 11) is -1.52. The third-order valence-corrected chi connectivity index (χ3v) is 5.45. The smallest absolute Gasteiger partial charge is 0.285 e. The third-order valence-electron chi connectivity index (χ3n) is 3.98. The minimum Gasteiger partial charge on any atom is -0.353 e. The van der Waals surface area contributed by atoms with Gasteiger partial charge in [-0.3, -0.25) is 0 Å². The number of benzene rings is 1. The molecule has 0 spiro atoms. The van der Waals surface area contributed by atoms with E-state index >= 15 is 0 Å². The molecule has 0 bridgehead atoms. The van der Waals surface area contributed by atoms with Crippen LogP contribution in [0.15, 0.2) is 40.3 Å². The normalized spacial score (nSPS) is 22.6. The summed E-state index contributed by atoms with van der Waals surface area (Å²) in [6, 6.07) is 9.21. The van der Waals surface area contributed by atoms with Crippen molar-refractivity contribution in [3.8, 4) is 0 Å². The molecule has 21 heavy (non-hydrogen) atoms. The monoisotopic (exact) mass is 305 g/mol. The first-order chi connectivity index (χ1) is 9.99. The minimum absolute atomic E-state index is 0.344. The first kappa shape index (κ1) is 14.3. The Morgan fingerprint density at radius 1 is 1.05 bits per heavy atom. The van der Waals surface area contributed by atoms with Gasteiger partial charge in [0.2, 0.25) is 0 Å². The summed E-state index contributed by atoms with van der Waals surface area (Å²) < 4.78 is 28.8. The van der Waals surface area contributed by atoms with Crippen LogP contribution in [0.2, 0.25) is 0 Å². The SMILES string of the molecule is CC1=C(c2ccccc2)S(=O)(=O)N=C1N1CCN(C)CC1. The van der Waals surface area contributed by atoms with Gasteiger partial charge in [0.1, 0.15) is 10.7 Å². The van der Waals surface area contributed by atoms with Crippen molar-refractivity contribution < 1.29 is 8.42 Å². The number of nitrogens with zero attached hydrogens (tertiary/aromatic N) is 3. The van der Waals surface area contributed by atoms with Crippen LogP contribution in [0.5, 0.6) is 0 Å².